The van der Waals surface area contributed by atoms with Gasteiger partial charge in [-0.15, -0.1) is 5.10 Å². The summed E-state index contributed by atoms with van der Waals surface area (Å²) in [7, 11) is 0. The van der Waals surface area contributed by atoms with Crippen molar-refractivity contribution >= 4 is 22.9 Å². The monoisotopic (exact) mass is 560 g/mol. The number of hydrogen-bond donors (Lipinski definition) is 1. The quantitative estimate of drug-likeness (QED) is 0.349. The van der Waals surface area contributed by atoms with Crippen LogP contribution in [-0.2, 0) is 24.3 Å². The van der Waals surface area contributed by atoms with E-state index in [0.717, 1.165) is 47.0 Å². The van der Waals surface area contributed by atoms with Gasteiger partial charge in [0.15, 0.2) is 11.6 Å². The molecule has 3 aromatic carbocycles. The topological polar surface area (TPSA) is 97.6 Å². The Bertz CT molecular complexity index is 1640. The predicted molar refractivity (Wildman–Crippen MR) is 147 cm³/mol. The molecule has 8 nitrogen and oxygen atoms in total. The predicted octanol–water partition coefficient (Wildman–Crippen LogP) is 5.47. The number of carboxylic acids is 1. The van der Waals surface area contributed by atoms with E-state index in [1.54, 1.807) is 0 Å². The molecule has 1 amide bonds. The maximum Gasteiger partial charge on any atom is 0.304 e. The van der Waals surface area contributed by atoms with Crippen LogP contribution in [0, 0.1) is 11.6 Å². The molecule has 4 aromatic rings. The molecular weight excluding hydrogens is 530 g/mol. The van der Waals surface area contributed by atoms with Gasteiger partial charge in [0.25, 0.3) is 5.91 Å². The summed E-state index contributed by atoms with van der Waals surface area (Å²) in [6.07, 6.45) is 3.67. The molecule has 212 valence electrons. The molecule has 1 aromatic heterocycles. The third-order valence-corrected chi connectivity index (χ3v) is 8.05. The zero-order valence-electron chi connectivity index (χ0n) is 22.5. The number of hydrogen-bond acceptors (Lipinski definition) is 5. The molecule has 5 aliphatic heterocycles. The van der Waals surface area contributed by atoms with Gasteiger partial charge in [-0.25, -0.2) is 9.07 Å². The Labute approximate surface area is 235 Å². The molecule has 0 spiro atoms. The molecule has 5 aliphatic rings. The maximum absolute atomic E-state index is 15.0. The number of carbonyl (C=O) groups is 2. The third kappa shape index (κ3) is 5.38. The number of carbonyl (C=O) groups excluding carboxylic acids is 1. The fraction of sp³-hybridized carbons (Fsp3) is 0.355. The number of aryl methyl sites for hydroxylation is 1. The van der Waals surface area contributed by atoms with E-state index in [0.29, 0.717) is 31.4 Å². The van der Waals surface area contributed by atoms with Crippen molar-refractivity contribution in [3.8, 4) is 5.75 Å². The van der Waals surface area contributed by atoms with Gasteiger partial charge >= 0.3 is 5.97 Å². The van der Waals surface area contributed by atoms with Gasteiger partial charge in [-0.1, -0.05) is 35.9 Å². The molecule has 1 unspecified atom stereocenters. The largest absolute Gasteiger partial charge is 0.490 e. The van der Waals surface area contributed by atoms with Gasteiger partial charge < -0.3 is 14.7 Å². The molecule has 0 radical (unpaired) electrons. The van der Waals surface area contributed by atoms with Crippen LogP contribution >= 0.6 is 0 Å². The lowest BCUT2D eigenvalue weighted by Gasteiger charge is -2.30. The van der Waals surface area contributed by atoms with Crippen LogP contribution in [0.3, 0.4) is 0 Å². The Kier molecular flexibility index (Phi) is 7.38. The summed E-state index contributed by atoms with van der Waals surface area (Å²) in [6, 6.07) is 14.2. The van der Waals surface area contributed by atoms with Gasteiger partial charge in [0.1, 0.15) is 5.52 Å². The average molecular weight is 561 g/mol. The number of halogens is 2. The van der Waals surface area contributed by atoms with Gasteiger partial charge in [0, 0.05) is 25.6 Å². The SMILES string of the molecule is O=C(O)CC1c2ccc3c(c2)CN(CC3)C(=O)c2ccc(c(F)c2F)OCCCCCCn2nnc3cc1ccc32. The average Bonchev–Trinajstić information content (AvgIpc) is 3.38. The number of benzene rings is 3. The van der Waals surface area contributed by atoms with E-state index in [9.17, 15) is 19.1 Å². The summed E-state index contributed by atoms with van der Waals surface area (Å²) in [4.78, 5) is 26.7. The molecule has 9 rings (SSSR count). The van der Waals surface area contributed by atoms with Crippen molar-refractivity contribution in [1.82, 2.24) is 19.9 Å². The highest BCUT2D eigenvalue weighted by atomic mass is 19.2. The van der Waals surface area contributed by atoms with Crippen LogP contribution in [0.1, 0.15) is 70.6 Å². The first-order chi connectivity index (χ1) is 19.9. The van der Waals surface area contributed by atoms with E-state index < -0.39 is 29.4 Å². The molecule has 0 saturated carbocycles. The summed E-state index contributed by atoms with van der Waals surface area (Å²) < 4.78 is 37.2. The van der Waals surface area contributed by atoms with E-state index in [2.05, 4.69) is 10.3 Å². The van der Waals surface area contributed by atoms with Crippen molar-refractivity contribution in [2.24, 2.45) is 0 Å². The second-order valence-electron chi connectivity index (χ2n) is 10.7. The number of carboxylic acid groups (broad SMARTS) is 1. The maximum atomic E-state index is 15.0. The van der Waals surface area contributed by atoms with Crippen LogP contribution in [0.5, 0.6) is 5.75 Å². The fourth-order valence-electron chi connectivity index (χ4n) is 5.82. The van der Waals surface area contributed by atoms with Crippen molar-refractivity contribution in [1.29, 1.82) is 0 Å². The minimum Gasteiger partial charge on any atom is -0.490 e. The number of nitrogens with zero attached hydrogens (tertiary/aromatic N) is 4. The summed E-state index contributed by atoms with van der Waals surface area (Å²) >= 11 is 0. The summed E-state index contributed by atoms with van der Waals surface area (Å²) in [6.45, 7) is 1.47. The smallest absolute Gasteiger partial charge is 0.304 e. The van der Waals surface area contributed by atoms with Crippen LogP contribution in [0.25, 0.3) is 11.0 Å². The Morgan fingerprint density at radius 1 is 0.951 bits per heavy atom. The molecular formula is C31H30F2N4O4. The van der Waals surface area contributed by atoms with Crippen LogP contribution in [0.2, 0.25) is 0 Å². The normalized spacial score (nSPS) is 17.9. The van der Waals surface area contributed by atoms with Gasteiger partial charge in [0.05, 0.1) is 24.1 Å². The molecule has 41 heavy (non-hydrogen) atoms. The number of rotatable bonds is 2. The van der Waals surface area contributed by atoms with Crippen molar-refractivity contribution in [3.05, 3.63) is 88.0 Å². The highest BCUT2D eigenvalue weighted by Crippen LogP contribution is 2.33. The molecule has 1 atom stereocenters. The van der Waals surface area contributed by atoms with Crippen molar-refractivity contribution in [2.45, 2.75) is 57.5 Å². The van der Waals surface area contributed by atoms with Gasteiger partial charge in [0.2, 0.25) is 5.82 Å². The lowest BCUT2D eigenvalue weighted by molar-refractivity contribution is -0.137. The van der Waals surface area contributed by atoms with Crippen LogP contribution in [0.15, 0.2) is 48.5 Å². The van der Waals surface area contributed by atoms with E-state index in [-0.39, 0.29) is 30.9 Å². The first kappa shape index (κ1) is 26.9. The van der Waals surface area contributed by atoms with Crippen LogP contribution in [-0.4, -0.2) is 50.0 Å². The first-order valence-corrected chi connectivity index (χ1v) is 14.0. The van der Waals surface area contributed by atoms with E-state index in [1.165, 1.54) is 17.0 Å². The number of amides is 1. The molecule has 10 heteroatoms. The summed E-state index contributed by atoms with van der Waals surface area (Å²) in [5.41, 5.74) is 4.74. The zero-order chi connectivity index (χ0) is 28.5. The second-order valence-corrected chi connectivity index (χ2v) is 10.7. The highest BCUT2D eigenvalue weighted by molar-refractivity contribution is 5.95. The van der Waals surface area contributed by atoms with Gasteiger partial charge in [-0.3, -0.25) is 9.59 Å². The minimum absolute atomic E-state index is 0.125. The van der Waals surface area contributed by atoms with Crippen molar-refractivity contribution in [3.63, 3.8) is 0 Å². The second kappa shape index (κ2) is 11.3. The van der Waals surface area contributed by atoms with Gasteiger partial charge in [-0.2, -0.15) is 4.39 Å². The molecule has 6 heterocycles. The summed E-state index contributed by atoms with van der Waals surface area (Å²) in [5.74, 6) is -4.56. The number of aliphatic carboxylic acids is 1. The molecule has 1 N–H and O–H groups in total. The lowest BCUT2D eigenvalue weighted by atomic mass is 9.85. The zero-order valence-corrected chi connectivity index (χ0v) is 22.5. The standard InChI is InChI=1S/C31H30F2N4O4/c32-29-23-8-10-27(30(29)33)41-14-4-2-1-3-12-37-26-9-7-21(16-25(26)34-35-37)24(17-28(38)39)20-6-5-19-11-13-36(31(23)40)18-22(19)15-20/h5-10,15-16,24H,1-4,11-14,17-18H2,(H,38,39). The van der Waals surface area contributed by atoms with E-state index >= 15 is 4.39 Å². The van der Waals surface area contributed by atoms with Gasteiger partial charge in [-0.05, 0) is 72.2 Å². The Balaban J connectivity index is 1.39. The van der Waals surface area contributed by atoms with Crippen molar-refractivity contribution in [2.75, 3.05) is 13.2 Å². The van der Waals surface area contributed by atoms with Crippen LogP contribution in [0.4, 0.5) is 8.78 Å². The Hall–Kier alpha value is -4.34. The lowest BCUT2D eigenvalue weighted by Crippen LogP contribution is -2.36. The molecule has 0 fully saturated rings. The molecule has 0 saturated heterocycles. The van der Waals surface area contributed by atoms with Crippen LogP contribution < -0.4 is 4.74 Å². The Morgan fingerprint density at radius 3 is 2.61 bits per heavy atom. The van der Waals surface area contributed by atoms with E-state index in [4.69, 9.17) is 4.74 Å². The molecule has 0 aliphatic carbocycles. The first-order valence-electron chi connectivity index (χ1n) is 14.0. The number of aromatic nitrogens is 3. The number of ether oxygens (including phenoxy) is 1. The van der Waals surface area contributed by atoms with Crippen molar-refractivity contribution < 1.29 is 28.2 Å². The third-order valence-electron chi connectivity index (χ3n) is 8.05. The molecule has 9 bridgehead atoms. The highest BCUT2D eigenvalue weighted by Gasteiger charge is 2.28. The Morgan fingerprint density at radius 2 is 1.76 bits per heavy atom. The summed E-state index contributed by atoms with van der Waals surface area (Å²) in [5, 5.41) is 18.4. The minimum atomic E-state index is -1.21. The van der Waals surface area contributed by atoms with E-state index in [1.807, 2.05) is 41.1 Å². The fourth-order valence-corrected chi connectivity index (χ4v) is 5.82.